The van der Waals surface area contributed by atoms with Gasteiger partial charge in [-0.15, -0.1) is 11.3 Å². The fourth-order valence-electron chi connectivity index (χ4n) is 4.68. The molecule has 1 unspecified atom stereocenters. The molecule has 1 amide bonds. The predicted molar refractivity (Wildman–Crippen MR) is 140 cm³/mol. The number of halogens is 4. The molecule has 3 aromatic rings. The van der Waals surface area contributed by atoms with Crippen LogP contribution in [-0.2, 0) is 22.4 Å². The van der Waals surface area contributed by atoms with E-state index in [4.69, 9.17) is 9.82 Å². The van der Waals surface area contributed by atoms with Crippen LogP contribution in [0, 0.1) is 11.3 Å². The lowest BCUT2D eigenvalue weighted by molar-refractivity contribution is -0.139. The zero-order chi connectivity index (χ0) is 27.7. The Morgan fingerprint density at radius 3 is 2.72 bits per heavy atom. The highest BCUT2D eigenvalue weighted by atomic mass is 79.9. The molecule has 0 saturated carbocycles. The van der Waals surface area contributed by atoms with Gasteiger partial charge in [-0.05, 0) is 40.9 Å². The molecule has 1 fully saturated rings. The van der Waals surface area contributed by atoms with Gasteiger partial charge >= 0.3 is 6.18 Å². The summed E-state index contributed by atoms with van der Waals surface area (Å²) in [7, 11) is 0. The average molecular weight is 620 g/mol. The molecule has 1 atom stereocenters. The number of alkyl halides is 3. The van der Waals surface area contributed by atoms with Crippen molar-refractivity contribution < 1.29 is 22.8 Å². The number of carbonyl (C=O) groups excluding carboxylic acids is 1. The zero-order valence-electron chi connectivity index (χ0n) is 20.3. The Bertz CT molecular complexity index is 1540. The largest absolute Gasteiger partial charge is 0.417 e. The number of amides is 1. The molecule has 1 aromatic carbocycles. The van der Waals surface area contributed by atoms with E-state index in [1.54, 1.807) is 17.0 Å². The van der Waals surface area contributed by atoms with Gasteiger partial charge in [-0.2, -0.15) is 18.4 Å². The van der Waals surface area contributed by atoms with Gasteiger partial charge in [-0.1, -0.05) is 23.4 Å². The van der Waals surface area contributed by atoms with Crippen LogP contribution in [0.25, 0.3) is 0 Å². The fraction of sp³-hybridized carbons (Fsp3) is 0.346. The lowest BCUT2D eigenvalue weighted by atomic mass is 9.97. The van der Waals surface area contributed by atoms with Crippen molar-refractivity contribution in [1.29, 1.82) is 5.26 Å². The Hall–Kier alpha value is -3.50. The summed E-state index contributed by atoms with van der Waals surface area (Å²) in [5, 5.41) is 16.4. The highest BCUT2D eigenvalue weighted by Crippen LogP contribution is 2.35. The SMILES string of the molecule is N#Cc1ccccc1C1CC(c2csc(C3CCN(C(=O)Cn4cc(C(F)(F)F)cc(Br)c4=O)CC3)n2)=NO1. The van der Waals surface area contributed by atoms with Crippen LogP contribution in [0.4, 0.5) is 13.2 Å². The van der Waals surface area contributed by atoms with Crippen molar-refractivity contribution in [2.45, 2.75) is 44.0 Å². The maximum absolute atomic E-state index is 13.1. The summed E-state index contributed by atoms with van der Waals surface area (Å²) >= 11 is 4.37. The van der Waals surface area contributed by atoms with Crippen LogP contribution in [-0.4, -0.2) is 39.2 Å². The van der Waals surface area contributed by atoms with Crippen LogP contribution in [0.15, 0.2) is 56.3 Å². The molecule has 0 N–H and O–H groups in total. The Morgan fingerprint density at radius 2 is 2.00 bits per heavy atom. The molecule has 2 aliphatic rings. The van der Waals surface area contributed by atoms with Gasteiger partial charge in [0.2, 0.25) is 5.91 Å². The number of oxime groups is 1. The Labute approximate surface area is 233 Å². The minimum atomic E-state index is -4.63. The van der Waals surface area contributed by atoms with Gasteiger partial charge in [0.1, 0.15) is 12.3 Å². The standard InChI is InChI=1S/C26H21BrF3N5O3S/c27-19-9-17(26(28,29)30)12-35(25(19)37)13-23(36)34-7-5-15(6-8-34)24-32-21(14-39-24)20-10-22(38-33-20)18-4-2-1-3-16(18)11-31/h1-4,9,12,14-15,22H,5-8,10,13H2. The Kier molecular flexibility index (Phi) is 7.59. The van der Waals surface area contributed by atoms with Crippen LogP contribution in [0.3, 0.4) is 0 Å². The number of hydrogen-bond donors (Lipinski definition) is 0. The van der Waals surface area contributed by atoms with Gasteiger partial charge in [0.05, 0.1) is 32.4 Å². The molecule has 202 valence electrons. The van der Waals surface area contributed by atoms with Gasteiger partial charge in [-0.25, -0.2) is 4.98 Å². The molecular formula is C26H21BrF3N5O3S. The Morgan fingerprint density at radius 1 is 1.26 bits per heavy atom. The van der Waals surface area contributed by atoms with Crippen LogP contribution in [0.1, 0.15) is 58.7 Å². The smallest absolute Gasteiger partial charge is 0.387 e. The second-order valence-corrected chi connectivity index (χ2v) is 11.0. The summed E-state index contributed by atoms with van der Waals surface area (Å²) in [5.74, 6) is -0.293. The number of nitriles is 1. The van der Waals surface area contributed by atoms with Crippen molar-refractivity contribution in [3.05, 3.63) is 84.1 Å². The minimum absolute atomic E-state index is 0.122. The van der Waals surface area contributed by atoms with Gasteiger partial charge in [0, 0.05) is 42.6 Å². The van der Waals surface area contributed by atoms with Crippen LogP contribution < -0.4 is 5.56 Å². The number of nitrogens with zero attached hydrogens (tertiary/aromatic N) is 5. The molecule has 0 radical (unpaired) electrons. The number of likely N-dealkylation sites (tertiary alicyclic amines) is 1. The van der Waals surface area contributed by atoms with E-state index < -0.39 is 29.8 Å². The van der Waals surface area contributed by atoms with Gasteiger partial charge < -0.3 is 14.3 Å². The maximum Gasteiger partial charge on any atom is 0.417 e. The number of pyridine rings is 1. The number of thiazole rings is 1. The molecule has 39 heavy (non-hydrogen) atoms. The highest BCUT2D eigenvalue weighted by Gasteiger charge is 2.33. The normalized spacial score (nSPS) is 18.0. The van der Waals surface area contributed by atoms with E-state index in [9.17, 15) is 28.0 Å². The molecule has 5 rings (SSSR count). The topological polar surface area (TPSA) is 101 Å². The molecule has 4 heterocycles. The van der Waals surface area contributed by atoms with E-state index in [-0.39, 0.29) is 16.5 Å². The number of hydrogen-bond acceptors (Lipinski definition) is 7. The average Bonchev–Trinajstić information content (AvgIpc) is 3.61. The highest BCUT2D eigenvalue weighted by molar-refractivity contribution is 9.10. The predicted octanol–water partition coefficient (Wildman–Crippen LogP) is 5.23. The first kappa shape index (κ1) is 27.1. The quantitative estimate of drug-likeness (QED) is 0.389. The maximum atomic E-state index is 13.1. The molecule has 1 saturated heterocycles. The van der Waals surface area contributed by atoms with E-state index >= 15 is 0 Å². The van der Waals surface area contributed by atoms with Crippen molar-refractivity contribution >= 4 is 38.9 Å². The summed E-state index contributed by atoms with van der Waals surface area (Å²) in [6.45, 7) is 0.345. The number of benzene rings is 1. The van der Waals surface area contributed by atoms with E-state index in [0.29, 0.717) is 55.9 Å². The molecule has 0 bridgehead atoms. The van der Waals surface area contributed by atoms with Crippen molar-refractivity contribution in [3.63, 3.8) is 0 Å². The van der Waals surface area contributed by atoms with Crippen LogP contribution in [0.2, 0.25) is 0 Å². The van der Waals surface area contributed by atoms with E-state index in [2.05, 4.69) is 27.2 Å². The molecular weight excluding hydrogens is 599 g/mol. The first-order valence-corrected chi connectivity index (χ1v) is 13.7. The summed E-state index contributed by atoms with van der Waals surface area (Å²) < 4.78 is 40.0. The lowest BCUT2D eigenvalue weighted by Gasteiger charge is -2.31. The molecule has 0 aliphatic carbocycles. The number of piperidine rings is 1. The Balaban J connectivity index is 1.19. The van der Waals surface area contributed by atoms with Crippen LogP contribution >= 0.6 is 27.3 Å². The molecule has 2 aliphatic heterocycles. The first-order chi connectivity index (χ1) is 18.6. The van der Waals surface area contributed by atoms with E-state index in [1.165, 1.54) is 11.3 Å². The molecule has 0 spiro atoms. The van der Waals surface area contributed by atoms with Crippen LogP contribution in [0.5, 0.6) is 0 Å². The van der Waals surface area contributed by atoms with Crippen molar-refractivity contribution in [1.82, 2.24) is 14.5 Å². The summed E-state index contributed by atoms with van der Waals surface area (Å²) in [5.41, 5.74) is 1.06. The van der Waals surface area contributed by atoms with Crippen molar-refractivity contribution in [2.24, 2.45) is 5.16 Å². The summed E-state index contributed by atoms with van der Waals surface area (Å²) in [6, 6.07) is 10.1. The third-order valence-electron chi connectivity index (χ3n) is 6.79. The van der Waals surface area contributed by atoms with Crippen molar-refractivity contribution in [2.75, 3.05) is 13.1 Å². The second kappa shape index (κ2) is 10.9. The van der Waals surface area contributed by atoms with E-state index in [1.807, 2.05) is 17.5 Å². The molecule has 13 heteroatoms. The van der Waals surface area contributed by atoms with Gasteiger partial charge in [-0.3, -0.25) is 9.59 Å². The number of rotatable bonds is 5. The molecule has 8 nitrogen and oxygen atoms in total. The van der Waals surface area contributed by atoms with Crippen molar-refractivity contribution in [3.8, 4) is 6.07 Å². The lowest BCUT2D eigenvalue weighted by Crippen LogP contribution is -2.41. The number of carbonyl (C=O) groups is 1. The summed E-state index contributed by atoms with van der Waals surface area (Å²) in [6.07, 6.45) is -2.53. The third kappa shape index (κ3) is 5.77. The van der Waals surface area contributed by atoms with Gasteiger partial charge in [0.15, 0.2) is 6.10 Å². The summed E-state index contributed by atoms with van der Waals surface area (Å²) in [4.78, 5) is 37.0. The zero-order valence-corrected chi connectivity index (χ0v) is 22.7. The number of aromatic nitrogens is 2. The minimum Gasteiger partial charge on any atom is -0.387 e. The second-order valence-electron chi connectivity index (χ2n) is 9.27. The first-order valence-electron chi connectivity index (χ1n) is 12.1. The van der Waals surface area contributed by atoms with Gasteiger partial charge in [0.25, 0.3) is 5.56 Å². The third-order valence-corrected chi connectivity index (χ3v) is 8.36. The monoisotopic (exact) mass is 619 g/mol. The molecule has 2 aromatic heterocycles. The fourth-order valence-corrected chi connectivity index (χ4v) is 6.15. The van der Waals surface area contributed by atoms with E-state index in [0.717, 1.165) is 20.8 Å².